The van der Waals surface area contributed by atoms with E-state index < -0.39 is 40.3 Å². The summed E-state index contributed by atoms with van der Waals surface area (Å²) in [6, 6.07) is 10.7. The van der Waals surface area contributed by atoms with Crippen LogP contribution in [0.25, 0.3) is 0 Å². The number of nitro groups is 1. The molecule has 1 aliphatic carbocycles. The molecule has 8 nitrogen and oxygen atoms in total. The molecule has 2 aliphatic rings. The SMILES string of the molecule is O=C(c1cccc([N+](=O)[O-])c1)N(Cc1ccccc1F)N1C(=O)[C@H]2CC=CC[C@H]2C1=O. The molecule has 0 radical (unpaired) electrons. The highest BCUT2D eigenvalue weighted by Gasteiger charge is 2.51. The fourth-order valence-corrected chi connectivity index (χ4v) is 3.94. The third-order valence-corrected chi connectivity index (χ3v) is 5.54. The van der Waals surface area contributed by atoms with Crippen LogP contribution in [0.3, 0.4) is 0 Å². The second kappa shape index (κ2) is 8.10. The zero-order valence-electron chi connectivity index (χ0n) is 16.3. The summed E-state index contributed by atoms with van der Waals surface area (Å²) in [6.45, 7) is -0.376. The van der Waals surface area contributed by atoms with Crippen LogP contribution in [0.4, 0.5) is 10.1 Å². The van der Waals surface area contributed by atoms with E-state index in [2.05, 4.69) is 0 Å². The zero-order valence-corrected chi connectivity index (χ0v) is 16.3. The molecule has 2 aromatic rings. The minimum atomic E-state index is -0.805. The highest BCUT2D eigenvalue weighted by Crippen LogP contribution is 2.36. The van der Waals surface area contributed by atoms with Crippen LogP contribution in [-0.4, -0.2) is 32.7 Å². The molecule has 4 rings (SSSR count). The van der Waals surface area contributed by atoms with Gasteiger partial charge in [0.25, 0.3) is 23.4 Å². The third-order valence-electron chi connectivity index (χ3n) is 5.54. The van der Waals surface area contributed by atoms with Gasteiger partial charge in [-0.25, -0.2) is 9.40 Å². The van der Waals surface area contributed by atoms with Crippen molar-refractivity contribution in [3.8, 4) is 0 Å². The Labute approximate surface area is 176 Å². The van der Waals surface area contributed by atoms with E-state index in [1.807, 2.05) is 12.2 Å². The number of halogens is 1. The van der Waals surface area contributed by atoms with Crippen LogP contribution in [-0.2, 0) is 16.1 Å². The van der Waals surface area contributed by atoms with Gasteiger partial charge >= 0.3 is 0 Å². The molecule has 2 aromatic carbocycles. The number of hydrogen-bond acceptors (Lipinski definition) is 5. The summed E-state index contributed by atoms with van der Waals surface area (Å²) in [5, 5.41) is 12.8. The maximum atomic E-state index is 14.3. The predicted octanol–water partition coefficient (Wildman–Crippen LogP) is 3.24. The van der Waals surface area contributed by atoms with E-state index in [1.54, 1.807) is 6.07 Å². The number of benzene rings is 2. The van der Waals surface area contributed by atoms with Gasteiger partial charge in [0.2, 0.25) is 0 Å². The molecule has 2 atom stereocenters. The highest BCUT2D eigenvalue weighted by molar-refractivity contribution is 6.08. The Morgan fingerprint density at radius 3 is 2.32 bits per heavy atom. The Hall–Kier alpha value is -3.88. The van der Waals surface area contributed by atoms with Gasteiger partial charge in [-0.05, 0) is 25.0 Å². The number of nitrogens with zero attached hydrogens (tertiary/aromatic N) is 3. The quantitative estimate of drug-likeness (QED) is 0.318. The number of carbonyl (C=O) groups excluding carboxylic acids is 3. The maximum Gasteiger partial charge on any atom is 0.273 e. The molecule has 158 valence electrons. The molecule has 1 heterocycles. The lowest BCUT2D eigenvalue weighted by molar-refractivity contribution is -0.384. The monoisotopic (exact) mass is 423 g/mol. The second-order valence-corrected chi connectivity index (χ2v) is 7.41. The van der Waals surface area contributed by atoms with Gasteiger partial charge in [-0.15, -0.1) is 0 Å². The summed E-state index contributed by atoms with van der Waals surface area (Å²) in [6.07, 6.45) is 4.40. The molecule has 31 heavy (non-hydrogen) atoms. The van der Waals surface area contributed by atoms with Crippen molar-refractivity contribution in [2.75, 3.05) is 0 Å². The summed E-state index contributed by atoms with van der Waals surface area (Å²) in [5.74, 6) is -3.64. The first kappa shape index (κ1) is 20.4. The number of amides is 3. The average Bonchev–Trinajstić information content (AvgIpc) is 3.03. The summed E-state index contributed by atoms with van der Waals surface area (Å²) in [5.41, 5.74) is -0.289. The Balaban J connectivity index is 1.75. The van der Waals surface area contributed by atoms with Gasteiger partial charge in [0.15, 0.2) is 0 Å². The summed E-state index contributed by atoms with van der Waals surface area (Å²) in [7, 11) is 0. The maximum absolute atomic E-state index is 14.3. The molecule has 1 aliphatic heterocycles. The van der Waals surface area contributed by atoms with Crippen molar-refractivity contribution in [1.29, 1.82) is 0 Å². The smallest absolute Gasteiger partial charge is 0.272 e. The van der Waals surface area contributed by atoms with Crippen molar-refractivity contribution in [1.82, 2.24) is 10.0 Å². The fraction of sp³-hybridized carbons (Fsp3) is 0.227. The van der Waals surface area contributed by atoms with Crippen LogP contribution >= 0.6 is 0 Å². The lowest BCUT2D eigenvalue weighted by atomic mass is 9.85. The highest BCUT2D eigenvalue weighted by atomic mass is 19.1. The number of non-ortho nitro benzene ring substituents is 1. The number of nitro benzene ring substituents is 1. The minimum Gasteiger partial charge on any atom is -0.272 e. The summed E-state index contributed by atoms with van der Waals surface area (Å²) < 4.78 is 14.3. The molecular weight excluding hydrogens is 405 g/mol. The molecule has 1 fully saturated rings. The van der Waals surface area contributed by atoms with Gasteiger partial charge in [0, 0.05) is 23.3 Å². The van der Waals surface area contributed by atoms with Crippen molar-refractivity contribution in [3.05, 3.63) is 87.7 Å². The van der Waals surface area contributed by atoms with Gasteiger partial charge in [-0.3, -0.25) is 24.5 Å². The van der Waals surface area contributed by atoms with Crippen LogP contribution in [0.2, 0.25) is 0 Å². The summed E-state index contributed by atoms with van der Waals surface area (Å²) >= 11 is 0. The van der Waals surface area contributed by atoms with Crippen LogP contribution in [0.5, 0.6) is 0 Å². The fourth-order valence-electron chi connectivity index (χ4n) is 3.94. The van der Waals surface area contributed by atoms with E-state index >= 15 is 0 Å². The van der Waals surface area contributed by atoms with Gasteiger partial charge in [0.05, 0.1) is 23.3 Å². The molecule has 9 heteroatoms. The Morgan fingerprint density at radius 2 is 1.71 bits per heavy atom. The number of fused-ring (bicyclic) bond motifs is 1. The van der Waals surface area contributed by atoms with Crippen LogP contribution in [0.15, 0.2) is 60.7 Å². The van der Waals surface area contributed by atoms with Crippen molar-refractivity contribution >= 4 is 23.4 Å². The largest absolute Gasteiger partial charge is 0.273 e. The van der Waals surface area contributed by atoms with Crippen molar-refractivity contribution in [3.63, 3.8) is 0 Å². The molecular formula is C22H18FN3O5. The van der Waals surface area contributed by atoms with Crippen LogP contribution < -0.4 is 0 Å². The Kier molecular flexibility index (Phi) is 5.33. The molecule has 0 unspecified atom stereocenters. The van der Waals surface area contributed by atoms with E-state index in [0.717, 1.165) is 16.1 Å². The number of rotatable bonds is 5. The third kappa shape index (κ3) is 3.70. The predicted molar refractivity (Wildman–Crippen MR) is 107 cm³/mol. The van der Waals surface area contributed by atoms with E-state index in [1.165, 1.54) is 36.4 Å². The number of allylic oxidation sites excluding steroid dienone is 2. The van der Waals surface area contributed by atoms with Gasteiger partial charge < -0.3 is 0 Å². The Morgan fingerprint density at radius 1 is 1.06 bits per heavy atom. The summed E-state index contributed by atoms with van der Waals surface area (Å²) in [4.78, 5) is 49.9. The lowest BCUT2D eigenvalue weighted by Crippen LogP contribution is -2.50. The van der Waals surface area contributed by atoms with Gasteiger partial charge in [-0.1, -0.05) is 36.4 Å². The standard InChI is InChI=1S/C22H18FN3O5/c23-19-11-4-1-6-15(19)13-24(20(27)14-7-5-8-16(12-14)26(30)31)25-21(28)17-9-2-3-10-18(17)22(25)29/h1-8,11-12,17-18H,9-10,13H2/t17-,18+. The number of imide groups is 1. The minimum absolute atomic E-state index is 0.0841. The van der Waals surface area contributed by atoms with Crippen molar-refractivity contribution < 1.29 is 23.7 Å². The van der Waals surface area contributed by atoms with Crippen LogP contribution in [0.1, 0.15) is 28.8 Å². The normalized spacial score (nSPS) is 20.0. The molecule has 0 aromatic heterocycles. The first-order chi connectivity index (χ1) is 14.9. The topological polar surface area (TPSA) is 101 Å². The molecule has 0 bridgehead atoms. The zero-order chi connectivity index (χ0) is 22.1. The van der Waals surface area contributed by atoms with Crippen molar-refractivity contribution in [2.45, 2.75) is 19.4 Å². The molecule has 0 saturated carbocycles. The number of hydrogen-bond donors (Lipinski definition) is 0. The number of hydrazine groups is 1. The molecule has 3 amide bonds. The van der Waals surface area contributed by atoms with E-state index in [9.17, 15) is 28.9 Å². The second-order valence-electron chi connectivity index (χ2n) is 7.41. The molecule has 0 spiro atoms. The molecule has 1 saturated heterocycles. The first-order valence-electron chi connectivity index (χ1n) is 9.71. The molecule has 0 N–H and O–H groups in total. The van der Waals surface area contributed by atoms with E-state index in [-0.39, 0.29) is 23.4 Å². The average molecular weight is 423 g/mol. The first-order valence-corrected chi connectivity index (χ1v) is 9.71. The van der Waals surface area contributed by atoms with Gasteiger partial charge in [-0.2, -0.15) is 5.01 Å². The van der Waals surface area contributed by atoms with Gasteiger partial charge in [0.1, 0.15) is 5.82 Å². The van der Waals surface area contributed by atoms with Crippen LogP contribution in [0, 0.1) is 27.8 Å². The number of carbonyl (C=O) groups is 3. The Bertz CT molecular complexity index is 1090. The van der Waals surface area contributed by atoms with E-state index in [0.29, 0.717) is 12.8 Å². The lowest BCUT2D eigenvalue weighted by Gasteiger charge is -2.30. The van der Waals surface area contributed by atoms with Crippen molar-refractivity contribution in [2.24, 2.45) is 11.8 Å². The van der Waals surface area contributed by atoms with E-state index in [4.69, 9.17) is 0 Å².